The Kier molecular flexibility index (Phi) is 5.44. The number of hydrogen-bond donors (Lipinski definition) is 0. The zero-order valence-electron chi connectivity index (χ0n) is 15.1. The molecule has 138 valence electrons. The fourth-order valence-electron chi connectivity index (χ4n) is 3.25. The SMILES string of the molecule is O=C(CCc1ccccc1)N1CCN(c2nc(-c3ccccc3)ns2)CC1. The smallest absolute Gasteiger partial charge is 0.223 e. The molecule has 2 aromatic carbocycles. The van der Waals surface area contributed by atoms with Gasteiger partial charge >= 0.3 is 0 Å². The van der Waals surface area contributed by atoms with Gasteiger partial charge < -0.3 is 9.80 Å². The number of amides is 1. The van der Waals surface area contributed by atoms with E-state index in [1.54, 1.807) is 0 Å². The second-order valence-electron chi connectivity index (χ2n) is 6.62. The van der Waals surface area contributed by atoms with E-state index in [1.165, 1.54) is 17.1 Å². The summed E-state index contributed by atoms with van der Waals surface area (Å²) in [5, 5.41) is 0.935. The van der Waals surface area contributed by atoms with E-state index < -0.39 is 0 Å². The number of benzene rings is 2. The van der Waals surface area contributed by atoms with Gasteiger partial charge in [-0.1, -0.05) is 60.7 Å². The first kappa shape index (κ1) is 17.7. The van der Waals surface area contributed by atoms with Crippen molar-refractivity contribution in [2.75, 3.05) is 31.1 Å². The highest BCUT2D eigenvalue weighted by Gasteiger charge is 2.23. The number of nitrogens with zero attached hydrogens (tertiary/aromatic N) is 4. The van der Waals surface area contributed by atoms with Gasteiger partial charge in [0, 0.05) is 49.7 Å². The van der Waals surface area contributed by atoms with E-state index in [9.17, 15) is 4.79 Å². The molecule has 1 fully saturated rings. The molecule has 0 N–H and O–H groups in total. The number of rotatable bonds is 5. The van der Waals surface area contributed by atoms with E-state index in [4.69, 9.17) is 0 Å². The van der Waals surface area contributed by atoms with Crippen molar-refractivity contribution < 1.29 is 4.79 Å². The number of carbonyl (C=O) groups excluding carboxylic acids is 1. The summed E-state index contributed by atoms with van der Waals surface area (Å²) in [5.74, 6) is 1.01. The first-order valence-corrected chi connectivity index (χ1v) is 10.0. The monoisotopic (exact) mass is 378 g/mol. The summed E-state index contributed by atoms with van der Waals surface area (Å²) in [5.41, 5.74) is 2.25. The summed E-state index contributed by atoms with van der Waals surface area (Å²) < 4.78 is 4.49. The molecule has 1 saturated heterocycles. The van der Waals surface area contributed by atoms with Gasteiger partial charge in [0.05, 0.1) is 0 Å². The lowest BCUT2D eigenvalue weighted by atomic mass is 10.1. The molecule has 1 amide bonds. The minimum absolute atomic E-state index is 0.237. The largest absolute Gasteiger partial charge is 0.343 e. The molecule has 0 unspecified atom stereocenters. The van der Waals surface area contributed by atoms with Crippen molar-refractivity contribution in [1.82, 2.24) is 14.3 Å². The fourth-order valence-corrected chi connectivity index (χ4v) is 3.99. The van der Waals surface area contributed by atoms with Gasteiger partial charge in [0.25, 0.3) is 0 Å². The van der Waals surface area contributed by atoms with E-state index in [0.717, 1.165) is 49.1 Å². The Morgan fingerprint density at radius 2 is 1.59 bits per heavy atom. The van der Waals surface area contributed by atoms with E-state index in [-0.39, 0.29) is 5.91 Å². The minimum atomic E-state index is 0.237. The highest BCUT2D eigenvalue weighted by Crippen LogP contribution is 2.24. The number of aryl methyl sites for hydroxylation is 1. The number of aromatic nitrogens is 2. The summed E-state index contributed by atoms with van der Waals surface area (Å²) in [4.78, 5) is 21.4. The molecule has 1 aliphatic rings. The van der Waals surface area contributed by atoms with Crippen LogP contribution in [-0.2, 0) is 11.2 Å². The summed E-state index contributed by atoms with van der Waals surface area (Å²) in [6, 6.07) is 20.2. The van der Waals surface area contributed by atoms with Crippen LogP contribution in [0.2, 0.25) is 0 Å². The molecule has 1 aromatic heterocycles. The molecular weight excluding hydrogens is 356 g/mol. The summed E-state index contributed by atoms with van der Waals surface area (Å²) in [6.07, 6.45) is 1.37. The van der Waals surface area contributed by atoms with Crippen LogP contribution in [0.3, 0.4) is 0 Å². The van der Waals surface area contributed by atoms with Gasteiger partial charge in [0.15, 0.2) is 5.82 Å². The topological polar surface area (TPSA) is 49.3 Å². The molecule has 4 rings (SSSR count). The highest BCUT2D eigenvalue weighted by molar-refractivity contribution is 7.09. The van der Waals surface area contributed by atoms with Crippen LogP contribution in [-0.4, -0.2) is 46.3 Å². The molecule has 2 heterocycles. The van der Waals surface area contributed by atoms with Crippen LogP contribution >= 0.6 is 11.5 Å². The third-order valence-electron chi connectivity index (χ3n) is 4.82. The molecule has 1 aliphatic heterocycles. The molecular formula is C21H22N4OS. The first-order valence-electron chi connectivity index (χ1n) is 9.25. The zero-order chi connectivity index (χ0) is 18.5. The van der Waals surface area contributed by atoms with Gasteiger partial charge in [-0.05, 0) is 12.0 Å². The molecule has 3 aromatic rings. The Balaban J connectivity index is 1.30. The molecule has 0 atom stereocenters. The number of hydrogen-bond acceptors (Lipinski definition) is 5. The summed E-state index contributed by atoms with van der Waals surface area (Å²) in [6.45, 7) is 3.10. The number of piperazine rings is 1. The molecule has 0 bridgehead atoms. The van der Waals surface area contributed by atoms with Gasteiger partial charge in [-0.3, -0.25) is 4.79 Å². The fraction of sp³-hybridized carbons (Fsp3) is 0.286. The van der Waals surface area contributed by atoms with Crippen LogP contribution in [0.1, 0.15) is 12.0 Å². The number of carbonyl (C=O) groups is 1. The van der Waals surface area contributed by atoms with Crippen molar-refractivity contribution in [2.45, 2.75) is 12.8 Å². The third-order valence-corrected chi connectivity index (χ3v) is 5.60. The molecule has 0 spiro atoms. The molecule has 0 radical (unpaired) electrons. The predicted molar refractivity (Wildman–Crippen MR) is 109 cm³/mol. The van der Waals surface area contributed by atoms with Crippen molar-refractivity contribution in [3.8, 4) is 11.4 Å². The lowest BCUT2D eigenvalue weighted by Crippen LogP contribution is -2.48. The molecule has 27 heavy (non-hydrogen) atoms. The predicted octanol–water partition coefficient (Wildman–Crippen LogP) is 3.49. The van der Waals surface area contributed by atoms with Crippen LogP contribution in [0.15, 0.2) is 60.7 Å². The van der Waals surface area contributed by atoms with Crippen LogP contribution in [0, 0.1) is 0 Å². The number of anilines is 1. The maximum Gasteiger partial charge on any atom is 0.223 e. The van der Waals surface area contributed by atoms with E-state index in [2.05, 4.69) is 26.4 Å². The average Bonchev–Trinajstić information content (AvgIpc) is 3.24. The minimum Gasteiger partial charge on any atom is -0.343 e. The van der Waals surface area contributed by atoms with Crippen molar-refractivity contribution in [3.05, 3.63) is 66.2 Å². The second-order valence-corrected chi connectivity index (χ2v) is 7.35. The summed E-state index contributed by atoms with van der Waals surface area (Å²) >= 11 is 1.43. The molecule has 6 heteroatoms. The first-order chi connectivity index (χ1) is 13.3. The van der Waals surface area contributed by atoms with E-state index in [1.807, 2.05) is 53.4 Å². The Morgan fingerprint density at radius 1 is 0.926 bits per heavy atom. The standard InChI is InChI=1S/C21H22N4OS/c26-19(12-11-17-7-3-1-4-8-17)24-13-15-25(16-14-24)21-22-20(23-27-21)18-9-5-2-6-10-18/h1-10H,11-16H2. The van der Waals surface area contributed by atoms with Gasteiger partial charge in [-0.25, -0.2) is 0 Å². The quantitative estimate of drug-likeness (QED) is 0.682. The lowest BCUT2D eigenvalue weighted by Gasteiger charge is -2.34. The normalized spacial score (nSPS) is 14.4. The van der Waals surface area contributed by atoms with Crippen LogP contribution in [0.5, 0.6) is 0 Å². The molecule has 0 saturated carbocycles. The Bertz CT molecular complexity index is 873. The highest BCUT2D eigenvalue weighted by atomic mass is 32.1. The Hall–Kier alpha value is -2.73. The molecule has 5 nitrogen and oxygen atoms in total. The molecule has 0 aliphatic carbocycles. The maximum absolute atomic E-state index is 12.5. The van der Waals surface area contributed by atoms with Crippen molar-refractivity contribution >= 4 is 22.6 Å². The van der Waals surface area contributed by atoms with E-state index in [0.29, 0.717) is 6.42 Å². The van der Waals surface area contributed by atoms with Crippen LogP contribution in [0.25, 0.3) is 11.4 Å². The average molecular weight is 379 g/mol. The van der Waals surface area contributed by atoms with Crippen molar-refractivity contribution in [2.24, 2.45) is 0 Å². The van der Waals surface area contributed by atoms with E-state index >= 15 is 0 Å². The third kappa shape index (κ3) is 4.34. The Labute approximate surface area is 163 Å². The van der Waals surface area contributed by atoms with Gasteiger partial charge in [-0.2, -0.15) is 9.36 Å². The van der Waals surface area contributed by atoms with Gasteiger partial charge in [-0.15, -0.1) is 0 Å². The second kappa shape index (κ2) is 8.31. The summed E-state index contributed by atoms with van der Waals surface area (Å²) in [7, 11) is 0. The van der Waals surface area contributed by atoms with Crippen molar-refractivity contribution in [1.29, 1.82) is 0 Å². The van der Waals surface area contributed by atoms with Crippen molar-refractivity contribution in [3.63, 3.8) is 0 Å². The van der Waals surface area contributed by atoms with Gasteiger partial charge in [0.2, 0.25) is 11.0 Å². The van der Waals surface area contributed by atoms with Gasteiger partial charge in [0.1, 0.15) is 0 Å². The van der Waals surface area contributed by atoms with Crippen LogP contribution in [0.4, 0.5) is 5.13 Å². The Morgan fingerprint density at radius 3 is 2.30 bits per heavy atom. The maximum atomic E-state index is 12.5. The zero-order valence-corrected chi connectivity index (χ0v) is 15.9. The van der Waals surface area contributed by atoms with Crippen LogP contribution < -0.4 is 4.90 Å². The lowest BCUT2D eigenvalue weighted by molar-refractivity contribution is -0.131.